The Morgan fingerprint density at radius 1 is 1.21 bits per heavy atom. The molecule has 2 rings (SSSR count). The summed E-state index contributed by atoms with van der Waals surface area (Å²) >= 11 is 0. The molecule has 33 heavy (non-hydrogen) atoms. The standard InChI is InChI=1S/C13H20N3O14P3/c1-3-4-7-5-16(13(18)15-11(7)14)12-10(26-2)9(17)8(28-12)6-27-32(22,23)30-33(24,25)29-31(19,20)21/h5,8-10,12,17H,6H2,1-2H3,(H,22,23)(H,24,25)(H2,14,15,18)(H2,19,20,21)/t8-,9-,10-,12-/m1/s1. The molecule has 0 amide bonds. The van der Waals surface area contributed by atoms with Crippen LogP contribution in [-0.2, 0) is 36.3 Å². The van der Waals surface area contributed by atoms with Gasteiger partial charge in [0.2, 0.25) is 0 Å². The molecule has 1 aromatic rings. The molecule has 2 unspecified atom stereocenters. The first-order valence-electron chi connectivity index (χ1n) is 8.55. The number of nitrogen functional groups attached to an aromatic ring is 1. The summed E-state index contributed by atoms with van der Waals surface area (Å²) in [6, 6.07) is 0. The van der Waals surface area contributed by atoms with Crippen LogP contribution in [0.5, 0.6) is 0 Å². The van der Waals surface area contributed by atoms with E-state index in [9.17, 15) is 28.5 Å². The molecule has 20 heteroatoms. The Hall–Kier alpha value is -1.47. The number of nitrogens with zero attached hydrogens (tertiary/aromatic N) is 2. The molecular weight excluding hydrogens is 515 g/mol. The maximum absolute atomic E-state index is 12.3. The van der Waals surface area contributed by atoms with Crippen LogP contribution in [0.1, 0.15) is 18.7 Å². The van der Waals surface area contributed by atoms with E-state index in [-0.39, 0.29) is 11.4 Å². The zero-order valence-corrected chi connectivity index (χ0v) is 19.5. The lowest BCUT2D eigenvalue weighted by molar-refractivity contribution is -0.0619. The summed E-state index contributed by atoms with van der Waals surface area (Å²) in [6.45, 7) is 0.557. The maximum Gasteiger partial charge on any atom is 0.490 e. The van der Waals surface area contributed by atoms with Gasteiger partial charge in [0, 0.05) is 13.3 Å². The summed E-state index contributed by atoms with van der Waals surface area (Å²) in [5.41, 5.74) is 4.92. The molecular formula is C13H20N3O14P3. The molecule has 6 atom stereocenters. The number of aliphatic hydroxyl groups is 1. The third-order valence-electron chi connectivity index (χ3n) is 3.92. The fourth-order valence-electron chi connectivity index (χ4n) is 2.70. The molecule has 0 aliphatic carbocycles. The monoisotopic (exact) mass is 535 g/mol. The van der Waals surface area contributed by atoms with Crippen molar-refractivity contribution in [1.29, 1.82) is 0 Å². The van der Waals surface area contributed by atoms with E-state index in [2.05, 4.69) is 30.0 Å². The van der Waals surface area contributed by atoms with Gasteiger partial charge in [-0.15, -0.1) is 5.92 Å². The number of hydrogen-bond acceptors (Lipinski definition) is 12. The summed E-state index contributed by atoms with van der Waals surface area (Å²) in [7, 11) is -15.6. The topological polar surface area (TPSA) is 259 Å². The summed E-state index contributed by atoms with van der Waals surface area (Å²) in [5.74, 6) is 5.04. The molecule has 1 saturated heterocycles. The van der Waals surface area contributed by atoms with E-state index >= 15 is 0 Å². The lowest BCUT2D eigenvalue weighted by Gasteiger charge is -2.20. The van der Waals surface area contributed by atoms with E-state index < -0.39 is 60.3 Å². The summed E-state index contributed by atoms with van der Waals surface area (Å²) in [6.07, 6.45) is -4.34. The van der Waals surface area contributed by atoms with Gasteiger partial charge in [0.05, 0.1) is 12.2 Å². The van der Waals surface area contributed by atoms with Crippen LogP contribution in [0.4, 0.5) is 5.82 Å². The quantitative estimate of drug-likeness (QED) is 0.160. The highest BCUT2D eigenvalue weighted by atomic mass is 31.3. The van der Waals surface area contributed by atoms with E-state index in [1.54, 1.807) is 0 Å². The number of ether oxygens (including phenoxy) is 2. The van der Waals surface area contributed by atoms with E-state index in [0.717, 1.165) is 4.57 Å². The second-order valence-corrected chi connectivity index (χ2v) is 10.7. The second-order valence-electron chi connectivity index (χ2n) is 6.25. The van der Waals surface area contributed by atoms with Crippen molar-refractivity contribution in [2.24, 2.45) is 0 Å². The molecule has 1 aliphatic rings. The lowest BCUT2D eigenvalue weighted by atomic mass is 10.1. The van der Waals surface area contributed by atoms with E-state index in [0.29, 0.717) is 0 Å². The molecule has 1 aromatic heterocycles. The van der Waals surface area contributed by atoms with Gasteiger partial charge in [0.1, 0.15) is 24.1 Å². The highest BCUT2D eigenvalue weighted by molar-refractivity contribution is 7.66. The average molecular weight is 535 g/mol. The molecule has 1 fully saturated rings. The van der Waals surface area contributed by atoms with Crippen LogP contribution in [0, 0.1) is 11.8 Å². The van der Waals surface area contributed by atoms with Gasteiger partial charge in [-0.2, -0.15) is 13.6 Å². The smallest absolute Gasteiger partial charge is 0.387 e. The van der Waals surface area contributed by atoms with Crippen molar-refractivity contribution < 1.29 is 61.0 Å². The number of nitrogens with two attached hydrogens (primary N) is 1. The molecule has 186 valence electrons. The minimum atomic E-state index is -5.72. The molecule has 0 aromatic carbocycles. The summed E-state index contributed by atoms with van der Waals surface area (Å²) in [4.78, 5) is 51.6. The van der Waals surface area contributed by atoms with Gasteiger partial charge < -0.3 is 39.9 Å². The molecule has 0 radical (unpaired) electrons. The van der Waals surface area contributed by atoms with Gasteiger partial charge in [0.15, 0.2) is 6.23 Å². The van der Waals surface area contributed by atoms with E-state index in [1.165, 1.54) is 20.2 Å². The van der Waals surface area contributed by atoms with Crippen molar-refractivity contribution in [3.63, 3.8) is 0 Å². The Bertz CT molecular complexity index is 1140. The average Bonchev–Trinajstić information content (AvgIpc) is 2.95. The van der Waals surface area contributed by atoms with Crippen molar-refractivity contribution >= 4 is 29.3 Å². The van der Waals surface area contributed by atoms with Crippen LogP contribution in [0.15, 0.2) is 11.0 Å². The first-order valence-corrected chi connectivity index (χ1v) is 13.1. The molecule has 1 aliphatic heterocycles. The van der Waals surface area contributed by atoms with Gasteiger partial charge >= 0.3 is 29.2 Å². The highest BCUT2D eigenvalue weighted by Gasteiger charge is 2.47. The van der Waals surface area contributed by atoms with Gasteiger partial charge in [0.25, 0.3) is 0 Å². The van der Waals surface area contributed by atoms with Crippen LogP contribution in [-0.4, -0.2) is 66.3 Å². The largest absolute Gasteiger partial charge is 0.490 e. The Morgan fingerprint density at radius 3 is 2.39 bits per heavy atom. The van der Waals surface area contributed by atoms with Gasteiger partial charge in [-0.3, -0.25) is 9.09 Å². The Kier molecular flexibility index (Phi) is 8.78. The first kappa shape index (κ1) is 27.8. The predicted molar refractivity (Wildman–Crippen MR) is 106 cm³/mol. The number of phosphoric ester groups is 1. The first-order chi connectivity index (χ1) is 15.1. The number of hydrogen-bond donors (Lipinski definition) is 6. The number of rotatable bonds is 9. The number of phosphoric acid groups is 3. The van der Waals surface area contributed by atoms with Crippen LogP contribution in [0.25, 0.3) is 0 Å². The molecule has 0 bridgehead atoms. The fourth-order valence-corrected chi connectivity index (χ4v) is 5.73. The summed E-state index contributed by atoms with van der Waals surface area (Å²) in [5, 5.41) is 10.4. The SMILES string of the molecule is CC#Cc1cn([C@@H]2O[C@H](COP(=O)(O)OP(=O)(O)OP(=O)(O)O)[C@@H](O)[C@H]2OC)c(=O)nc1N. The molecule has 2 heterocycles. The van der Waals surface area contributed by atoms with Gasteiger partial charge in [-0.1, -0.05) is 5.92 Å². The molecule has 7 N–H and O–H groups in total. The minimum absolute atomic E-state index is 0.151. The van der Waals surface area contributed by atoms with Crippen LogP contribution in [0.3, 0.4) is 0 Å². The Balaban J connectivity index is 2.19. The molecule has 0 saturated carbocycles. The van der Waals surface area contributed by atoms with E-state index in [1.807, 2.05) is 0 Å². The van der Waals surface area contributed by atoms with Crippen LogP contribution in [0.2, 0.25) is 0 Å². The number of methoxy groups -OCH3 is 1. The number of aliphatic hydroxyl groups excluding tert-OH is 1. The van der Waals surface area contributed by atoms with Crippen LogP contribution >= 0.6 is 23.5 Å². The molecule has 0 spiro atoms. The maximum atomic E-state index is 12.3. The zero-order chi connectivity index (χ0) is 25.2. The Morgan fingerprint density at radius 2 is 1.85 bits per heavy atom. The summed E-state index contributed by atoms with van der Waals surface area (Å²) < 4.78 is 57.1. The van der Waals surface area contributed by atoms with Crippen molar-refractivity contribution in [1.82, 2.24) is 9.55 Å². The predicted octanol–water partition coefficient (Wildman–Crippen LogP) is -1.19. The van der Waals surface area contributed by atoms with Crippen LogP contribution < -0.4 is 11.4 Å². The third-order valence-corrected chi connectivity index (χ3v) is 7.72. The zero-order valence-electron chi connectivity index (χ0n) is 16.8. The normalized spacial score (nSPS) is 26.8. The second kappa shape index (κ2) is 10.4. The van der Waals surface area contributed by atoms with Gasteiger partial charge in [-0.05, 0) is 6.92 Å². The number of aromatic nitrogens is 2. The Labute approximate surface area is 185 Å². The van der Waals surface area contributed by atoms with Crippen molar-refractivity contribution in [3.05, 3.63) is 22.2 Å². The van der Waals surface area contributed by atoms with Crippen molar-refractivity contribution in [3.8, 4) is 11.8 Å². The molecule has 17 nitrogen and oxygen atoms in total. The van der Waals surface area contributed by atoms with Crippen molar-refractivity contribution in [2.45, 2.75) is 31.5 Å². The lowest BCUT2D eigenvalue weighted by Crippen LogP contribution is -2.37. The highest BCUT2D eigenvalue weighted by Crippen LogP contribution is 2.66. The third kappa shape index (κ3) is 7.51. The van der Waals surface area contributed by atoms with Gasteiger partial charge in [-0.25, -0.2) is 18.5 Å². The number of anilines is 1. The van der Waals surface area contributed by atoms with Crippen molar-refractivity contribution in [2.75, 3.05) is 19.5 Å². The minimum Gasteiger partial charge on any atom is -0.387 e. The van der Waals surface area contributed by atoms with E-state index in [4.69, 9.17) is 29.9 Å². The fraction of sp³-hybridized carbons (Fsp3) is 0.538.